The maximum atomic E-state index is 13.2. The molecule has 1 aromatic carbocycles. The Balaban J connectivity index is 1.48. The first-order valence-corrected chi connectivity index (χ1v) is 9.55. The number of aryl methyl sites for hydroxylation is 2. The Morgan fingerprint density at radius 1 is 1.24 bits per heavy atom. The first-order valence-electron chi connectivity index (χ1n) is 9.55. The van der Waals surface area contributed by atoms with Crippen LogP contribution in [0.1, 0.15) is 29.2 Å². The van der Waals surface area contributed by atoms with Gasteiger partial charge in [-0.1, -0.05) is 0 Å². The van der Waals surface area contributed by atoms with Crippen molar-refractivity contribution in [2.24, 2.45) is 7.05 Å². The van der Waals surface area contributed by atoms with Crippen molar-refractivity contribution in [3.8, 4) is 17.1 Å². The Morgan fingerprint density at radius 3 is 2.79 bits per heavy atom. The third kappa shape index (κ3) is 4.26. The number of amides is 1. The number of benzene rings is 1. The van der Waals surface area contributed by atoms with Gasteiger partial charge in [-0.15, -0.1) is 0 Å². The molecule has 1 aliphatic rings. The summed E-state index contributed by atoms with van der Waals surface area (Å²) < 4.78 is 20.7. The average Bonchev–Trinajstić information content (AvgIpc) is 3.10. The number of hydrogen-bond acceptors (Lipinski definition) is 5. The number of hydrogen-bond donors (Lipinski definition) is 0. The van der Waals surface area contributed by atoms with Crippen LogP contribution in [0.3, 0.4) is 0 Å². The molecule has 1 amide bonds. The van der Waals surface area contributed by atoms with Gasteiger partial charge in [-0.2, -0.15) is 10.1 Å². The van der Waals surface area contributed by atoms with E-state index < -0.39 is 0 Å². The minimum Gasteiger partial charge on any atom is -0.472 e. The van der Waals surface area contributed by atoms with Crippen molar-refractivity contribution < 1.29 is 13.9 Å². The first-order chi connectivity index (χ1) is 14.0. The summed E-state index contributed by atoms with van der Waals surface area (Å²) in [5, 5.41) is 4.42. The lowest BCUT2D eigenvalue weighted by molar-refractivity contribution is 0.0517. The van der Waals surface area contributed by atoms with Crippen molar-refractivity contribution in [3.63, 3.8) is 0 Å². The quantitative estimate of drug-likeness (QED) is 0.679. The molecule has 1 atom stereocenters. The van der Waals surface area contributed by atoms with Crippen molar-refractivity contribution in [1.82, 2.24) is 24.6 Å². The number of carbonyl (C=O) groups excluding carboxylic acids is 1. The number of carbonyl (C=O) groups is 1. The smallest absolute Gasteiger partial charge is 0.272 e. The molecule has 2 aromatic heterocycles. The lowest BCUT2D eigenvalue weighted by Crippen LogP contribution is -2.45. The lowest BCUT2D eigenvalue weighted by Gasteiger charge is -2.32. The zero-order chi connectivity index (χ0) is 20.4. The van der Waals surface area contributed by atoms with E-state index in [1.54, 1.807) is 47.1 Å². The highest BCUT2D eigenvalue weighted by Crippen LogP contribution is 2.22. The molecule has 1 unspecified atom stereocenters. The van der Waals surface area contributed by atoms with E-state index in [0.717, 1.165) is 18.4 Å². The maximum Gasteiger partial charge on any atom is 0.272 e. The van der Waals surface area contributed by atoms with Crippen molar-refractivity contribution in [1.29, 1.82) is 0 Å². The highest BCUT2D eigenvalue weighted by atomic mass is 19.1. The average molecular weight is 395 g/mol. The number of halogens is 1. The molecule has 4 rings (SSSR count). The van der Waals surface area contributed by atoms with Gasteiger partial charge in [-0.05, 0) is 50.1 Å². The van der Waals surface area contributed by atoms with Crippen LogP contribution in [0.25, 0.3) is 11.3 Å². The second-order valence-corrected chi connectivity index (χ2v) is 7.12. The van der Waals surface area contributed by atoms with Crippen LogP contribution in [0.2, 0.25) is 0 Å². The fourth-order valence-corrected chi connectivity index (χ4v) is 3.48. The Morgan fingerprint density at radius 2 is 2.03 bits per heavy atom. The number of rotatable bonds is 4. The zero-order valence-electron chi connectivity index (χ0n) is 16.4. The molecule has 1 saturated heterocycles. The number of nitrogens with zero attached hydrogens (tertiary/aromatic N) is 5. The molecule has 0 spiro atoms. The van der Waals surface area contributed by atoms with Gasteiger partial charge in [0.15, 0.2) is 0 Å². The van der Waals surface area contributed by atoms with Crippen LogP contribution in [-0.2, 0) is 7.05 Å². The van der Waals surface area contributed by atoms with Gasteiger partial charge in [0.05, 0.1) is 12.2 Å². The molecule has 0 aliphatic carbocycles. The van der Waals surface area contributed by atoms with Crippen LogP contribution >= 0.6 is 0 Å². The van der Waals surface area contributed by atoms with Gasteiger partial charge >= 0.3 is 0 Å². The molecule has 3 aromatic rings. The lowest BCUT2D eigenvalue weighted by atomic mass is 10.1. The molecule has 7 nitrogen and oxygen atoms in total. The summed E-state index contributed by atoms with van der Waals surface area (Å²) in [6, 6.07) is 9.54. The van der Waals surface area contributed by atoms with Crippen molar-refractivity contribution >= 4 is 5.91 Å². The van der Waals surface area contributed by atoms with E-state index in [1.165, 1.54) is 12.1 Å². The minimum atomic E-state index is -0.306. The van der Waals surface area contributed by atoms with Gasteiger partial charge in [0.2, 0.25) is 5.88 Å². The predicted molar refractivity (Wildman–Crippen MR) is 105 cm³/mol. The molecular weight excluding hydrogens is 373 g/mol. The van der Waals surface area contributed by atoms with Crippen molar-refractivity contribution in [3.05, 3.63) is 59.9 Å². The summed E-state index contributed by atoms with van der Waals surface area (Å²) in [5.74, 6) is 0.769. The Kier molecular flexibility index (Phi) is 5.24. The van der Waals surface area contributed by atoms with Crippen LogP contribution in [-0.4, -0.2) is 49.7 Å². The summed E-state index contributed by atoms with van der Waals surface area (Å²) in [6.45, 7) is 2.96. The van der Waals surface area contributed by atoms with Gasteiger partial charge in [0.1, 0.15) is 23.4 Å². The normalized spacial score (nSPS) is 16.7. The molecule has 0 saturated carbocycles. The van der Waals surface area contributed by atoms with E-state index in [2.05, 4.69) is 15.1 Å². The first kappa shape index (κ1) is 19.0. The van der Waals surface area contributed by atoms with Crippen LogP contribution in [0, 0.1) is 12.7 Å². The molecule has 8 heteroatoms. The van der Waals surface area contributed by atoms with E-state index in [1.807, 2.05) is 6.92 Å². The fraction of sp³-hybridized carbons (Fsp3) is 0.333. The topological polar surface area (TPSA) is 73.1 Å². The predicted octanol–water partition coefficient (Wildman–Crippen LogP) is 3.01. The highest BCUT2D eigenvalue weighted by molar-refractivity contribution is 5.93. The molecule has 0 N–H and O–H groups in total. The van der Waals surface area contributed by atoms with Crippen LogP contribution in [0.5, 0.6) is 5.88 Å². The molecule has 29 heavy (non-hydrogen) atoms. The number of aromatic nitrogens is 4. The largest absolute Gasteiger partial charge is 0.472 e. The van der Waals surface area contributed by atoms with Crippen LogP contribution < -0.4 is 4.74 Å². The number of likely N-dealkylation sites (tertiary alicyclic amines) is 1. The molecule has 3 heterocycles. The second kappa shape index (κ2) is 7.98. The monoisotopic (exact) mass is 395 g/mol. The summed E-state index contributed by atoms with van der Waals surface area (Å²) in [6.07, 6.45) is 3.25. The Hall–Kier alpha value is -3.29. The summed E-state index contributed by atoms with van der Waals surface area (Å²) in [5.41, 5.74) is 1.89. The standard InChI is InChI=1S/C21H22FN5O2/c1-14-23-10-9-20(24-14)29-17-4-3-11-27(13-17)21(28)19-12-18(25-26(19)2)15-5-7-16(22)8-6-15/h5-10,12,17H,3-4,11,13H2,1-2H3. The molecule has 0 bridgehead atoms. The van der Waals surface area contributed by atoms with Gasteiger partial charge < -0.3 is 9.64 Å². The van der Waals surface area contributed by atoms with Crippen molar-refractivity contribution in [2.45, 2.75) is 25.9 Å². The Labute approximate surface area is 168 Å². The van der Waals surface area contributed by atoms with E-state index >= 15 is 0 Å². The summed E-state index contributed by atoms with van der Waals surface area (Å²) in [4.78, 5) is 23.2. The molecular formula is C21H22FN5O2. The van der Waals surface area contributed by atoms with Gasteiger partial charge in [-0.25, -0.2) is 9.37 Å². The highest BCUT2D eigenvalue weighted by Gasteiger charge is 2.28. The third-order valence-electron chi connectivity index (χ3n) is 4.94. The van der Waals surface area contributed by atoms with Gasteiger partial charge in [0, 0.05) is 31.4 Å². The van der Waals surface area contributed by atoms with Gasteiger partial charge in [-0.3, -0.25) is 9.48 Å². The van der Waals surface area contributed by atoms with E-state index in [9.17, 15) is 9.18 Å². The van der Waals surface area contributed by atoms with Crippen molar-refractivity contribution in [2.75, 3.05) is 13.1 Å². The minimum absolute atomic E-state index is 0.0967. The van der Waals surface area contributed by atoms with Gasteiger partial charge in [0.25, 0.3) is 5.91 Å². The van der Waals surface area contributed by atoms with E-state index in [4.69, 9.17) is 4.74 Å². The zero-order valence-corrected chi connectivity index (χ0v) is 16.4. The Bertz CT molecular complexity index is 1020. The maximum absolute atomic E-state index is 13.2. The number of piperidine rings is 1. The van der Waals surface area contributed by atoms with Crippen LogP contribution in [0.15, 0.2) is 42.6 Å². The molecule has 150 valence electrons. The number of ether oxygens (including phenoxy) is 1. The van der Waals surface area contributed by atoms with E-state index in [-0.39, 0.29) is 17.8 Å². The van der Waals surface area contributed by atoms with Crippen LogP contribution in [0.4, 0.5) is 4.39 Å². The molecule has 0 radical (unpaired) electrons. The SMILES string of the molecule is Cc1nccc(OC2CCCN(C(=O)c3cc(-c4ccc(F)cc4)nn3C)C2)n1. The molecule has 1 fully saturated rings. The fourth-order valence-electron chi connectivity index (χ4n) is 3.48. The molecule has 1 aliphatic heterocycles. The summed E-state index contributed by atoms with van der Waals surface area (Å²) >= 11 is 0. The van der Waals surface area contributed by atoms with E-state index in [0.29, 0.717) is 36.2 Å². The summed E-state index contributed by atoms with van der Waals surface area (Å²) in [7, 11) is 1.74. The third-order valence-corrected chi connectivity index (χ3v) is 4.94. The second-order valence-electron chi connectivity index (χ2n) is 7.12.